The van der Waals surface area contributed by atoms with Crippen LogP contribution in [-0.4, -0.2) is 26.0 Å². The van der Waals surface area contributed by atoms with E-state index < -0.39 is 12.1 Å². The Morgan fingerprint density at radius 3 is 3.00 bits per heavy atom. The largest absolute Gasteiger partial charge is 0.447 e. The molecule has 5 heteroatoms. The minimum atomic E-state index is -0.941. The Morgan fingerprint density at radius 2 is 2.50 bits per heavy atom. The molecule has 0 aliphatic carbocycles. The van der Waals surface area contributed by atoms with Crippen molar-refractivity contribution in [2.24, 2.45) is 0 Å². The molecule has 1 heterocycles. The van der Waals surface area contributed by atoms with Gasteiger partial charge in [-0.2, -0.15) is 11.3 Å². The van der Waals surface area contributed by atoms with Gasteiger partial charge in [-0.05, 0) is 16.8 Å². The van der Waals surface area contributed by atoms with Gasteiger partial charge in [0.05, 0.1) is 0 Å². The number of methoxy groups -OCH3 is 1. The molecule has 1 radical (unpaired) electrons. The third-order valence-corrected chi connectivity index (χ3v) is 2.17. The van der Waals surface area contributed by atoms with Gasteiger partial charge in [-0.25, -0.2) is 4.79 Å². The van der Waals surface area contributed by atoms with E-state index in [0.717, 1.165) is 0 Å². The van der Waals surface area contributed by atoms with Gasteiger partial charge in [0.15, 0.2) is 6.10 Å². The average Bonchev–Trinajstić information content (AvgIpc) is 2.67. The molecule has 0 aliphatic heterocycles. The Labute approximate surface area is 85.4 Å². The van der Waals surface area contributed by atoms with E-state index in [9.17, 15) is 9.59 Å². The molecular weight excluding hydrogens is 204 g/mol. The molecule has 1 atom stereocenters. The molecule has 0 saturated carbocycles. The Kier molecular flexibility index (Phi) is 4.28. The topological polar surface area (TPSA) is 52.6 Å². The molecule has 0 saturated heterocycles. The summed E-state index contributed by atoms with van der Waals surface area (Å²) in [4.78, 5) is 21.5. The second-order valence-corrected chi connectivity index (χ2v) is 3.26. The van der Waals surface area contributed by atoms with Gasteiger partial charge >= 0.3 is 5.97 Å². The van der Waals surface area contributed by atoms with Crippen LogP contribution in [-0.2, 0) is 19.1 Å². The fraction of sp³-hybridized carbons (Fsp3) is 0.333. The maximum Gasteiger partial charge on any atom is 0.333 e. The summed E-state index contributed by atoms with van der Waals surface area (Å²) in [5.41, 5.74) is 0.634. The molecule has 4 nitrogen and oxygen atoms in total. The highest BCUT2D eigenvalue weighted by Crippen LogP contribution is 2.18. The summed E-state index contributed by atoms with van der Waals surface area (Å²) in [5, 5.41) is 3.53. The minimum absolute atomic E-state index is 0.164. The number of carbonyl (C=O) groups is 1. The van der Waals surface area contributed by atoms with Crippen LogP contribution in [0.1, 0.15) is 11.7 Å². The van der Waals surface area contributed by atoms with Crippen LogP contribution >= 0.6 is 11.3 Å². The smallest absolute Gasteiger partial charge is 0.333 e. The zero-order chi connectivity index (χ0) is 10.4. The van der Waals surface area contributed by atoms with Crippen molar-refractivity contribution >= 4 is 23.6 Å². The van der Waals surface area contributed by atoms with Crippen molar-refractivity contribution in [1.82, 2.24) is 0 Å². The Balaban J connectivity index is 2.56. The first kappa shape index (κ1) is 10.9. The van der Waals surface area contributed by atoms with Crippen LogP contribution in [0, 0.1) is 0 Å². The predicted molar refractivity (Wildman–Crippen MR) is 50.7 cm³/mol. The zero-order valence-electron chi connectivity index (χ0n) is 7.56. The van der Waals surface area contributed by atoms with Crippen LogP contribution in [0.25, 0.3) is 0 Å². The van der Waals surface area contributed by atoms with Crippen LogP contribution in [0.2, 0.25) is 0 Å². The van der Waals surface area contributed by atoms with E-state index in [-0.39, 0.29) is 6.61 Å². The Bertz CT molecular complexity index is 294. The first-order valence-corrected chi connectivity index (χ1v) is 4.80. The van der Waals surface area contributed by atoms with E-state index in [0.29, 0.717) is 5.56 Å². The van der Waals surface area contributed by atoms with E-state index in [1.54, 1.807) is 23.1 Å². The summed E-state index contributed by atoms with van der Waals surface area (Å²) >= 11 is 1.42. The standard InChI is InChI=1S/C9H9O4S/c1-12-5-9(11)13-8(4-10)7-2-3-14-6-7/h2-3,6,8H,5H2,1H3. The van der Waals surface area contributed by atoms with E-state index >= 15 is 0 Å². The molecule has 0 fully saturated rings. The molecular formula is C9H9O4S. The summed E-state index contributed by atoms with van der Waals surface area (Å²) in [5.74, 6) is -0.577. The number of rotatable bonds is 5. The second kappa shape index (κ2) is 5.51. The lowest BCUT2D eigenvalue weighted by Crippen LogP contribution is -2.16. The number of ether oxygens (including phenoxy) is 2. The van der Waals surface area contributed by atoms with Gasteiger partial charge in [-0.3, -0.25) is 4.79 Å². The van der Waals surface area contributed by atoms with E-state index in [4.69, 9.17) is 4.74 Å². The maximum atomic E-state index is 11.0. The number of carbonyl (C=O) groups excluding carboxylic acids is 2. The Morgan fingerprint density at radius 1 is 1.71 bits per heavy atom. The molecule has 0 bridgehead atoms. The summed E-state index contributed by atoms with van der Waals surface area (Å²) in [6, 6.07) is 1.71. The van der Waals surface area contributed by atoms with Crippen LogP contribution < -0.4 is 0 Å². The van der Waals surface area contributed by atoms with Gasteiger partial charge in [0.1, 0.15) is 6.61 Å². The summed E-state index contributed by atoms with van der Waals surface area (Å²) < 4.78 is 9.37. The fourth-order valence-corrected chi connectivity index (χ4v) is 1.54. The van der Waals surface area contributed by atoms with Crippen molar-refractivity contribution < 1.29 is 19.1 Å². The van der Waals surface area contributed by atoms with E-state index in [1.165, 1.54) is 18.4 Å². The lowest BCUT2D eigenvalue weighted by molar-refractivity contribution is -0.150. The highest BCUT2D eigenvalue weighted by atomic mass is 32.1. The molecule has 0 aromatic carbocycles. The van der Waals surface area contributed by atoms with Crippen LogP contribution in [0.4, 0.5) is 0 Å². The predicted octanol–water partition coefficient (Wildman–Crippen LogP) is 1.09. The van der Waals surface area contributed by atoms with Gasteiger partial charge in [0.2, 0.25) is 6.29 Å². The zero-order valence-corrected chi connectivity index (χ0v) is 8.37. The SMILES string of the molecule is COCC(=O)OC([C]=O)c1ccsc1. The summed E-state index contributed by atoms with van der Waals surface area (Å²) in [7, 11) is 1.38. The van der Waals surface area contributed by atoms with Crippen molar-refractivity contribution in [3.63, 3.8) is 0 Å². The molecule has 0 aliphatic rings. The molecule has 0 amide bonds. The van der Waals surface area contributed by atoms with E-state index in [1.807, 2.05) is 0 Å². The lowest BCUT2D eigenvalue weighted by atomic mass is 10.2. The molecule has 1 unspecified atom stereocenters. The summed E-state index contributed by atoms with van der Waals surface area (Å²) in [6.45, 7) is -0.164. The Hall–Kier alpha value is -1.20. The fourth-order valence-electron chi connectivity index (χ4n) is 0.868. The monoisotopic (exact) mass is 213 g/mol. The summed E-state index contributed by atoms with van der Waals surface area (Å²) in [6.07, 6.45) is 0.711. The molecule has 75 valence electrons. The van der Waals surface area contributed by atoms with Crippen molar-refractivity contribution in [3.8, 4) is 0 Å². The number of thiophene rings is 1. The van der Waals surface area contributed by atoms with Crippen molar-refractivity contribution in [2.75, 3.05) is 13.7 Å². The average molecular weight is 213 g/mol. The quantitative estimate of drug-likeness (QED) is 0.687. The molecule has 0 spiro atoms. The third kappa shape index (κ3) is 2.93. The minimum Gasteiger partial charge on any atom is -0.447 e. The van der Waals surface area contributed by atoms with Crippen LogP contribution in [0.5, 0.6) is 0 Å². The first-order valence-electron chi connectivity index (χ1n) is 3.86. The van der Waals surface area contributed by atoms with Crippen molar-refractivity contribution in [2.45, 2.75) is 6.10 Å². The van der Waals surface area contributed by atoms with E-state index in [2.05, 4.69) is 4.74 Å². The van der Waals surface area contributed by atoms with Gasteiger partial charge in [-0.1, -0.05) is 0 Å². The molecule has 1 aromatic rings. The molecule has 1 aromatic heterocycles. The number of esters is 1. The lowest BCUT2D eigenvalue weighted by Gasteiger charge is -2.08. The highest BCUT2D eigenvalue weighted by Gasteiger charge is 2.16. The number of hydrogen-bond donors (Lipinski definition) is 0. The molecule has 1 rings (SSSR count). The van der Waals surface area contributed by atoms with Gasteiger partial charge in [0, 0.05) is 12.7 Å². The van der Waals surface area contributed by atoms with Crippen LogP contribution in [0.15, 0.2) is 16.8 Å². The number of hydrogen-bond acceptors (Lipinski definition) is 5. The first-order chi connectivity index (χ1) is 6.77. The van der Waals surface area contributed by atoms with Crippen LogP contribution in [0.3, 0.4) is 0 Å². The van der Waals surface area contributed by atoms with Crippen molar-refractivity contribution in [1.29, 1.82) is 0 Å². The maximum absolute atomic E-state index is 11.0. The highest BCUT2D eigenvalue weighted by molar-refractivity contribution is 7.08. The third-order valence-electron chi connectivity index (χ3n) is 1.46. The van der Waals surface area contributed by atoms with Gasteiger partial charge < -0.3 is 9.47 Å². The normalized spacial score (nSPS) is 12.1. The molecule has 0 N–H and O–H groups in total. The van der Waals surface area contributed by atoms with Gasteiger partial charge in [-0.15, -0.1) is 0 Å². The molecule has 14 heavy (non-hydrogen) atoms. The van der Waals surface area contributed by atoms with Gasteiger partial charge in [0.25, 0.3) is 0 Å². The second-order valence-electron chi connectivity index (χ2n) is 2.48. The van der Waals surface area contributed by atoms with Crippen molar-refractivity contribution in [3.05, 3.63) is 22.4 Å².